The first kappa shape index (κ1) is 12.1. The molecule has 4 nitrogen and oxygen atoms in total. The maximum atomic E-state index is 11.6. The smallest absolute Gasteiger partial charge is 0.239 e. The van der Waals surface area contributed by atoms with Crippen molar-refractivity contribution < 1.29 is 9.90 Å². The molecule has 0 saturated heterocycles. The molecule has 0 aromatic heterocycles. The van der Waals surface area contributed by atoms with Crippen LogP contribution in [0.3, 0.4) is 0 Å². The van der Waals surface area contributed by atoms with Crippen LogP contribution < -0.4 is 0 Å². The van der Waals surface area contributed by atoms with Gasteiger partial charge in [0.15, 0.2) is 0 Å². The number of carbonyl (C=O) groups excluding carboxylic acids is 1. The van der Waals surface area contributed by atoms with Crippen LogP contribution in [0, 0.1) is 17.2 Å². The lowest BCUT2D eigenvalue weighted by Crippen LogP contribution is -2.30. The summed E-state index contributed by atoms with van der Waals surface area (Å²) in [4.78, 5) is 13.0. The van der Waals surface area contributed by atoms with Crippen molar-refractivity contribution in [3.05, 3.63) is 29.8 Å². The summed E-state index contributed by atoms with van der Waals surface area (Å²) in [6.07, 6.45) is 0.369. The second kappa shape index (κ2) is 5.17. The van der Waals surface area contributed by atoms with E-state index in [4.69, 9.17) is 10.4 Å². The van der Waals surface area contributed by atoms with E-state index in [-0.39, 0.29) is 11.7 Å². The minimum absolute atomic E-state index is 0.177. The molecule has 0 saturated carbocycles. The summed E-state index contributed by atoms with van der Waals surface area (Å²) in [5.41, 5.74) is 0.861. The predicted octanol–water partition coefficient (Wildman–Crippen LogP) is 1.16. The lowest BCUT2D eigenvalue weighted by molar-refractivity contribution is -0.131. The topological polar surface area (TPSA) is 64.3 Å². The maximum absolute atomic E-state index is 11.6. The predicted molar refractivity (Wildman–Crippen MR) is 59.6 cm³/mol. The third-order valence-corrected chi connectivity index (χ3v) is 2.27. The molecule has 1 aromatic carbocycles. The second-order valence-electron chi connectivity index (χ2n) is 3.78. The summed E-state index contributed by atoms with van der Waals surface area (Å²) < 4.78 is 0. The van der Waals surface area contributed by atoms with E-state index >= 15 is 0 Å². The third kappa shape index (κ3) is 2.99. The summed E-state index contributed by atoms with van der Waals surface area (Å²) in [6, 6.07) is 8.51. The van der Waals surface area contributed by atoms with Crippen LogP contribution in [0.1, 0.15) is 5.56 Å². The number of phenols is 1. The van der Waals surface area contributed by atoms with Gasteiger partial charge < -0.3 is 10.0 Å². The highest BCUT2D eigenvalue weighted by molar-refractivity contribution is 5.81. The fourth-order valence-corrected chi connectivity index (χ4v) is 1.37. The SMILES string of the molecule is CN(C)C(=O)C(C#N)Cc1ccc(O)cc1. The second-order valence-corrected chi connectivity index (χ2v) is 3.78. The Balaban J connectivity index is 2.75. The highest BCUT2D eigenvalue weighted by Gasteiger charge is 2.19. The average Bonchev–Trinajstić information content (AvgIpc) is 2.27. The standard InChI is InChI=1S/C12H14N2O2/c1-14(2)12(16)10(8-13)7-9-3-5-11(15)6-4-9/h3-6,10,15H,7H2,1-2H3. The van der Waals surface area contributed by atoms with Gasteiger partial charge in [0.2, 0.25) is 5.91 Å². The quantitative estimate of drug-likeness (QED) is 0.828. The zero-order valence-corrected chi connectivity index (χ0v) is 9.34. The molecule has 84 valence electrons. The highest BCUT2D eigenvalue weighted by atomic mass is 16.3. The number of nitriles is 1. The molecule has 0 bridgehead atoms. The van der Waals surface area contributed by atoms with Crippen LogP contribution in [0.15, 0.2) is 24.3 Å². The number of rotatable bonds is 3. The Hall–Kier alpha value is -2.02. The molecule has 1 amide bonds. The van der Waals surface area contributed by atoms with Crippen molar-refractivity contribution in [2.45, 2.75) is 6.42 Å². The van der Waals surface area contributed by atoms with Gasteiger partial charge in [-0.1, -0.05) is 12.1 Å². The van der Waals surface area contributed by atoms with Crippen molar-refractivity contribution in [3.8, 4) is 11.8 Å². The van der Waals surface area contributed by atoms with Crippen LogP contribution in [0.4, 0.5) is 0 Å². The summed E-state index contributed by atoms with van der Waals surface area (Å²) in [5, 5.41) is 18.0. The van der Waals surface area contributed by atoms with Gasteiger partial charge in [-0.2, -0.15) is 5.26 Å². The van der Waals surface area contributed by atoms with Crippen LogP contribution in [0.25, 0.3) is 0 Å². The van der Waals surface area contributed by atoms with E-state index in [0.717, 1.165) is 5.56 Å². The number of carbonyl (C=O) groups is 1. The van der Waals surface area contributed by atoms with Crippen LogP contribution in [0.5, 0.6) is 5.75 Å². The first-order valence-corrected chi connectivity index (χ1v) is 4.93. The summed E-state index contributed by atoms with van der Waals surface area (Å²) in [6.45, 7) is 0. The molecule has 0 fully saturated rings. The largest absolute Gasteiger partial charge is 0.508 e. The number of amides is 1. The molecular formula is C12H14N2O2. The highest BCUT2D eigenvalue weighted by Crippen LogP contribution is 2.14. The number of hydrogen-bond donors (Lipinski definition) is 1. The molecule has 0 aliphatic carbocycles. The molecule has 0 spiro atoms. The number of nitrogens with zero attached hydrogens (tertiary/aromatic N) is 2. The van der Waals surface area contributed by atoms with Crippen LogP contribution in [0.2, 0.25) is 0 Å². The lowest BCUT2D eigenvalue weighted by Gasteiger charge is -2.14. The normalized spacial score (nSPS) is 11.6. The van der Waals surface area contributed by atoms with Crippen molar-refractivity contribution in [2.24, 2.45) is 5.92 Å². The Labute approximate surface area is 94.7 Å². The molecule has 1 unspecified atom stereocenters. The summed E-state index contributed by atoms with van der Waals surface area (Å²) >= 11 is 0. The van der Waals surface area contributed by atoms with E-state index < -0.39 is 5.92 Å². The zero-order valence-electron chi connectivity index (χ0n) is 9.34. The molecule has 16 heavy (non-hydrogen) atoms. The van der Waals surface area contributed by atoms with Gasteiger partial charge in [-0.05, 0) is 24.1 Å². The number of aromatic hydroxyl groups is 1. The molecule has 1 rings (SSSR count). The van der Waals surface area contributed by atoms with Crippen LogP contribution in [-0.2, 0) is 11.2 Å². The van der Waals surface area contributed by atoms with Gasteiger partial charge in [0, 0.05) is 14.1 Å². The minimum atomic E-state index is -0.667. The monoisotopic (exact) mass is 218 g/mol. The van der Waals surface area contributed by atoms with Crippen molar-refractivity contribution >= 4 is 5.91 Å². The first-order chi connectivity index (χ1) is 7.54. The van der Waals surface area contributed by atoms with E-state index in [1.165, 1.54) is 4.90 Å². The van der Waals surface area contributed by atoms with Crippen molar-refractivity contribution in [3.63, 3.8) is 0 Å². The Morgan fingerprint density at radius 1 is 1.44 bits per heavy atom. The number of benzene rings is 1. The molecule has 0 aliphatic heterocycles. The van der Waals surface area contributed by atoms with Gasteiger partial charge in [0.25, 0.3) is 0 Å². The summed E-state index contributed by atoms with van der Waals surface area (Å²) in [7, 11) is 3.26. The first-order valence-electron chi connectivity index (χ1n) is 4.93. The fraction of sp³-hybridized carbons (Fsp3) is 0.333. The Kier molecular flexibility index (Phi) is 3.90. The van der Waals surface area contributed by atoms with Gasteiger partial charge >= 0.3 is 0 Å². The van der Waals surface area contributed by atoms with Gasteiger partial charge in [-0.3, -0.25) is 4.79 Å². The maximum Gasteiger partial charge on any atom is 0.239 e. The molecule has 1 aromatic rings. The van der Waals surface area contributed by atoms with Gasteiger partial charge in [0.05, 0.1) is 6.07 Å². The van der Waals surface area contributed by atoms with Crippen LogP contribution in [-0.4, -0.2) is 30.0 Å². The molecule has 0 heterocycles. The number of hydrogen-bond acceptors (Lipinski definition) is 3. The van der Waals surface area contributed by atoms with E-state index in [1.807, 2.05) is 6.07 Å². The fourth-order valence-electron chi connectivity index (χ4n) is 1.37. The van der Waals surface area contributed by atoms with Gasteiger partial charge in [0.1, 0.15) is 11.7 Å². The minimum Gasteiger partial charge on any atom is -0.508 e. The molecule has 1 N–H and O–H groups in total. The molecule has 0 aliphatic rings. The molecule has 1 atom stereocenters. The van der Waals surface area contributed by atoms with Crippen molar-refractivity contribution in [1.82, 2.24) is 4.90 Å². The molecule has 4 heteroatoms. The van der Waals surface area contributed by atoms with Crippen molar-refractivity contribution in [1.29, 1.82) is 5.26 Å². The van der Waals surface area contributed by atoms with Gasteiger partial charge in [-0.25, -0.2) is 0 Å². The Bertz CT molecular complexity index is 404. The molecule has 0 radical (unpaired) electrons. The number of phenolic OH excluding ortho intramolecular Hbond substituents is 1. The summed E-state index contributed by atoms with van der Waals surface area (Å²) in [5.74, 6) is -0.689. The van der Waals surface area contributed by atoms with E-state index in [1.54, 1.807) is 38.4 Å². The third-order valence-electron chi connectivity index (χ3n) is 2.27. The van der Waals surface area contributed by atoms with Gasteiger partial charge in [-0.15, -0.1) is 0 Å². The Morgan fingerprint density at radius 2 is 2.00 bits per heavy atom. The van der Waals surface area contributed by atoms with E-state index in [2.05, 4.69) is 0 Å². The lowest BCUT2D eigenvalue weighted by atomic mass is 9.99. The Morgan fingerprint density at radius 3 is 2.44 bits per heavy atom. The van der Waals surface area contributed by atoms with Crippen molar-refractivity contribution in [2.75, 3.05) is 14.1 Å². The van der Waals surface area contributed by atoms with Crippen LogP contribution >= 0.6 is 0 Å². The van der Waals surface area contributed by atoms with E-state index in [9.17, 15) is 4.79 Å². The van der Waals surface area contributed by atoms with E-state index in [0.29, 0.717) is 6.42 Å². The average molecular weight is 218 g/mol. The zero-order chi connectivity index (χ0) is 12.1. The molecular weight excluding hydrogens is 204 g/mol.